The zero-order chi connectivity index (χ0) is 21.8. The number of rotatable bonds is 5. The van der Waals surface area contributed by atoms with Gasteiger partial charge in [-0.2, -0.15) is 0 Å². The number of ketones is 1. The first-order chi connectivity index (χ1) is 14.1. The van der Waals surface area contributed by atoms with Gasteiger partial charge < -0.3 is 10.2 Å². The number of fused-ring (bicyclic) bond motifs is 5. The molecule has 3 saturated carbocycles. The molecule has 3 fully saturated rings. The zero-order valence-electron chi connectivity index (χ0n) is 19.8. The molecular weight excluding hydrogens is 372 g/mol. The van der Waals surface area contributed by atoms with Crippen molar-refractivity contribution in [2.75, 3.05) is 0 Å². The molecule has 0 bridgehead atoms. The van der Waals surface area contributed by atoms with Crippen LogP contribution in [0.5, 0.6) is 0 Å². The standard InChI is InChI=1S/C27H44O3/c1-16(2)23(28)15-24(29)17(3)19-9-10-20-18-14-25(30)22-8-6-7-12-26(22,4)21(18)11-13-27(19,20)5/h6-7,16-24,28-29H,8-15H2,1-5H3/t17-,18-,19+,20-,21-,22+,23+,24-,26+,27+/m0/s1. The summed E-state index contributed by atoms with van der Waals surface area (Å²) in [6.07, 6.45) is 11.8. The normalized spacial score (nSPS) is 46.1. The summed E-state index contributed by atoms with van der Waals surface area (Å²) in [4.78, 5) is 13.2. The summed E-state index contributed by atoms with van der Waals surface area (Å²) in [5.41, 5.74) is 0.374. The highest BCUT2D eigenvalue weighted by Crippen LogP contribution is 2.67. The van der Waals surface area contributed by atoms with Crippen molar-refractivity contribution >= 4 is 5.78 Å². The number of hydrogen-bond donors (Lipinski definition) is 2. The van der Waals surface area contributed by atoms with Crippen molar-refractivity contribution in [3.63, 3.8) is 0 Å². The lowest BCUT2D eigenvalue weighted by atomic mass is 9.45. The van der Waals surface area contributed by atoms with Crippen molar-refractivity contribution in [1.82, 2.24) is 0 Å². The van der Waals surface area contributed by atoms with Crippen LogP contribution in [0.15, 0.2) is 12.2 Å². The topological polar surface area (TPSA) is 57.5 Å². The maximum absolute atomic E-state index is 13.2. The Balaban J connectivity index is 1.53. The Labute approximate surface area is 183 Å². The molecule has 0 aliphatic heterocycles. The Bertz CT molecular complexity index is 684. The molecule has 0 aromatic heterocycles. The minimum absolute atomic E-state index is 0.153. The van der Waals surface area contributed by atoms with Crippen molar-refractivity contribution < 1.29 is 15.0 Å². The SMILES string of the molecule is CC(C)[C@H](O)C[C@H](O)[C@@H](C)[C@H]1CC[C@H]2[C@@H]3CC(=O)[C@H]4CC=CC[C@]4(C)[C@H]3CC[C@]12C. The molecule has 0 amide bonds. The first kappa shape index (κ1) is 22.5. The Hall–Kier alpha value is -0.670. The van der Waals surface area contributed by atoms with Gasteiger partial charge in [0.1, 0.15) is 5.78 Å². The quantitative estimate of drug-likeness (QED) is 0.590. The smallest absolute Gasteiger partial charge is 0.137 e. The van der Waals surface area contributed by atoms with E-state index in [1.54, 1.807) is 0 Å². The summed E-state index contributed by atoms with van der Waals surface area (Å²) >= 11 is 0. The van der Waals surface area contributed by atoms with E-state index in [4.69, 9.17) is 0 Å². The zero-order valence-corrected chi connectivity index (χ0v) is 19.8. The fourth-order valence-corrected chi connectivity index (χ4v) is 8.56. The van der Waals surface area contributed by atoms with Crippen LogP contribution in [-0.4, -0.2) is 28.2 Å². The van der Waals surface area contributed by atoms with Gasteiger partial charge in [0.2, 0.25) is 0 Å². The van der Waals surface area contributed by atoms with Gasteiger partial charge in [-0.3, -0.25) is 4.79 Å². The molecule has 4 rings (SSSR count). The maximum atomic E-state index is 13.2. The number of aliphatic hydroxyl groups is 2. The highest BCUT2D eigenvalue weighted by Gasteiger charge is 2.62. The molecule has 0 saturated heterocycles. The van der Waals surface area contributed by atoms with Crippen LogP contribution in [0.2, 0.25) is 0 Å². The van der Waals surface area contributed by atoms with Crippen molar-refractivity contribution in [3.05, 3.63) is 12.2 Å². The summed E-state index contributed by atoms with van der Waals surface area (Å²) < 4.78 is 0. The first-order valence-corrected chi connectivity index (χ1v) is 12.6. The van der Waals surface area contributed by atoms with E-state index in [2.05, 4.69) is 32.9 Å². The predicted octanol–water partition coefficient (Wildman–Crippen LogP) is 5.39. The number of Topliss-reactive ketones (excluding diaryl/α,β-unsaturated/α-hetero) is 1. The Morgan fingerprint density at radius 1 is 1.00 bits per heavy atom. The molecule has 4 aliphatic carbocycles. The minimum atomic E-state index is -0.445. The molecule has 170 valence electrons. The van der Waals surface area contributed by atoms with Crippen LogP contribution < -0.4 is 0 Å². The molecule has 0 spiro atoms. The fraction of sp³-hybridized carbons (Fsp3) is 0.889. The first-order valence-electron chi connectivity index (χ1n) is 12.6. The molecule has 3 heteroatoms. The van der Waals surface area contributed by atoms with E-state index >= 15 is 0 Å². The van der Waals surface area contributed by atoms with E-state index in [1.165, 1.54) is 19.3 Å². The van der Waals surface area contributed by atoms with Crippen molar-refractivity contribution in [3.8, 4) is 0 Å². The molecule has 10 atom stereocenters. The Kier molecular flexibility index (Phi) is 6.03. The fourth-order valence-electron chi connectivity index (χ4n) is 8.56. The Morgan fingerprint density at radius 3 is 2.40 bits per heavy atom. The molecule has 4 aliphatic rings. The van der Waals surface area contributed by atoms with Crippen LogP contribution in [-0.2, 0) is 4.79 Å². The number of aliphatic hydroxyl groups excluding tert-OH is 2. The lowest BCUT2D eigenvalue weighted by Crippen LogP contribution is -2.55. The summed E-state index contributed by atoms with van der Waals surface area (Å²) in [5, 5.41) is 21.3. The molecule has 3 nitrogen and oxygen atoms in total. The van der Waals surface area contributed by atoms with Crippen molar-refractivity contribution in [2.24, 2.45) is 52.3 Å². The molecule has 0 radical (unpaired) electrons. The van der Waals surface area contributed by atoms with E-state index in [1.807, 2.05) is 13.8 Å². The van der Waals surface area contributed by atoms with E-state index in [9.17, 15) is 15.0 Å². The summed E-state index contributed by atoms with van der Waals surface area (Å²) in [7, 11) is 0. The van der Waals surface area contributed by atoms with Crippen LogP contribution in [0.25, 0.3) is 0 Å². The average molecular weight is 417 g/mol. The van der Waals surface area contributed by atoms with Crippen LogP contribution in [0, 0.1) is 52.3 Å². The van der Waals surface area contributed by atoms with Crippen LogP contribution in [0.4, 0.5) is 0 Å². The summed E-state index contributed by atoms with van der Waals surface area (Å²) in [6.45, 7) is 11.1. The third kappa shape index (κ3) is 3.43. The second-order valence-corrected chi connectivity index (χ2v) is 12.2. The lowest BCUT2D eigenvalue weighted by molar-refractivity contribution is -0.150. The molecular formula is C27H44O3. The highest BCUT2D eigenvalue weighted by atomic mass is 16.3. The van der Waals surface area contributed by atoms with Gasteiger partial charge >= 0.3 is 0 Å². The van der Waals surface area contributed by atoms with Gasteiger partial charge in [-0.05, 0) is 91.3 Å². The monoisotopic (exact) mass is 416 g/mol. The van der Waals surface area contributed by atoms with Gasteiger partial charge in [-0.1, -0.05) is 46.8 Å². The molecule has 0 aromatic rings. The largest absolute Gasteiger partial charge is 0.393 e. The van der Waals surface area contributed by atoms with Crippen LogP contribution in [0.1, 0.15) is 86.0 Å². The second kappa shape index (κ2) is 8.03. The molecule has 0 aromatic carbocycles. The number of allylic oxidation sites excluding steroid dienone is 2. The maximum Gasteiger partial charge on any atom is 0.137 e. The molecule has 0 heterocycles. The Morgan fingerprint density at radius 2 is 1.70 bits per heavy atom. The summed E-state index contributed by atoms with van der Waals surface area (Å²) in [5.74, 6) is 3.44. The number of hydrogen-bond acceptors (Lipinski definition) is 3. The predicted molar refractivity (Wildman–Crippen MR) is 121 cm³/mol. The second-order valence-electron chi connectivity index (χ2n) is 12.2. The van der Waals surface area contributed by atoms with Gasteiger partial charge in [0.15, 0.2) is 0 Å². The minimum Gasteiger partial charge on any atom is -0.393 e. The molecule has 30 heavy (non-hydrogen) atoms. The van der Waals surface area contributed by atoms with Gasteiger partial charge in [0.25, 0.3) is 0 Å². The van der Waals surface area contributed by atoms with Crippen LogP contribution in [0.3, 0.4) is 0 Å². The van der Waals surface area contributed by atoms with Crippen molar-refractivity contribution in [1.29, 1.82) is 0 Å². The third-order valence-corrected chi connectivity index (χ3v) is 10.6. The van der Waals surface area contributed by atoms with Crippen molar-refractivity contribution in [2.45, 2.75) is 98.2 Å². The number of carbonyl (C=O) groups excluding carboxylic acids is 1. The summed E-state index contributed by atoms with van der Waals surface area (Å²) in [6, 6.07) is 0. The number of carbonyl (C=O) groups is 1. The van der Waals surface area contributed by atoms with Gasteiger partial charge in [-0.15, -0.1) is 0 Å². The molecule has 2 N–H and O–H groups in total. The van der Waals surface area contributed by atoms with Gasteiger partial charge in [0.05, 0.1) is 12.2 Å². The van der Waals surface area contributed by atoms with E-state index in [0.717, 1.165) is 25.7 Å². The van der Waals surface area contributed by atoms with E-state index in [-0.39, 0.29) is 28.6 Å². The van der Waals surface area contributed by atoms with E-state index in [0.29, 0.717) is 35.9 Å². The highest BCUT2D eigenvalue weighted by molar-refractivity contribution is 5.83. The third-order valence-electron chi connectivity index (χ3n) is 10.6. The lowest BCUT2D eigenvalue weighted by Gasteiger charge is -2.59. The van der Waals surface area contributed by atoms with Gasteiger partial charge in [0, 0.05) is 12.3 Å². The average Bonchev–Trinajstić information content (AvgIpc) is 3.04. The van der Waals surface area contributed by atoms with Gasteiger partial charge in [-0.25, -0.2) is 0 Å². The van der Waals surface area contributed by atoms with Crippen LogP contribution >= 0.6 is 0 Å². The van der Waals surface area contributed by atoms with E-state index < -0.39 is 12.2 Å². The molecule has 0 unspecified atom stereocenters.